The van der Waals surface area contributed by atoms with Crippen LogP contribution in [-0.2, 0) is 5.41 Å². The Kier molecular flexibility index (Phi) is 5.38. The topological polar surface area (TPSA) is 68.6 Å². The van der Waals surface area contributed by atoms with Crippen LogP contribution in [0.1, 0.15) is 93.8 Å². The minimum Gasteiger partial charge on any atom is -0.291 e. The minimum atomic E-state index is -0.661. The summed E-state index contributed by atoms with van der Waals surface area (Å²) < 4.78 is 28.9. The maximum Gasteiger partial charge on any atom is 0.200 e. The molecule has 0 unspecified atom stereocenters. The molecule has 0 aliphatic heterocycles. The van der Waals surface area contributed by atoms with E-state index in [1.54, 1.807) is 12.3 Å². The molecule has 0 N–H and O–H groups in total. The number of hydrogen-bond donors (Lipinski definition) is 0. The maximum absolute atomic E-state index is 14.5. The molecule has 7 heteroatoms. The molecule has 2 aromatic heterocycles. The third kappa shape index (κ3) is 3.58. The molecule has 3 aromatic rings. The highest BCUT2D eigenvalue weighted by Gasteiger charge is 2.65. The van der Waals surface area contributed by atoms with Gasteiger partial charge in [-0.05, 0) is 65.8 Å². The fourth-order valence-electron chi connectivity index (χ4n) is 6.09. The summed E-state index contributed by atoms with van der Waals surface area (Å²) in [5.41, 5.74) is 1.76. The van der Waals surface area contributed by atoms with Crippen molar-refractivity contribution in [2.24, 2.45) is 10.8 Å². The van der Waals surface area contributed by atoms with Crippen LogP contribution in [0.3, 0.4) is 0 Å². The van der Waals surface area contributed by atoms with Gasteiger partial charge in [0.05, 0.1) is 28.1 Å². The number of carbonyl (C=O) groups excluding carboxylic acids is 1. The number of ketones is 1. The Morgan fingerprint density at radius 3 is 2.51 bits per heavy atom. The largest absolute Gasteiger partial charge is 0.291 e. The number of hydrogen-bond acceptors (Lipinski definition) is 5. The Hall–Kier alpha value is -3.09. The van der Waals surface area contributed by atoms with Crippen molar-refractivity contribution in [1.29, 1.82) is 0 Å². The molecule has 0 radical (unpaired) electrons. The predicted molar refractivity (Wildman–Crippen MR) is 129 cm³/mol. The Morgan fingerprint density at radius 2 is 1.83 bits per heavy atom. The van der Waals surface area contributed by atoms with E-state index >= 15 is 0 Å². The van der Waals surface area contributed by atoms with Gasteiger partial charge in [0.25, 0.3) is 0 Å². The number of carbonyl (C=O) groups is 1. The number of fused-ring (bicyclic) bond motifs is 5. The molecule has 0 spiro atoms. The Morgan fingerprint density at radius 1 is 1.11 bits per heavy atom. The van der Waals surface area contributed by atoms with E-state index in [-0.39, 0.29) is 39.6 Å². The number of halogens is 2. The van der Waals surface area contributed by atoms with Crippen LogP contribution in [0.2, 0.25) is 0 Å². The van der Waals surface area contributed by atoms with Gasteiger partial charge >= 0.3 is 0 Å². The molecule has 2 aliphatic carbocycles. The second-order valence-corrected chi connectivity index (χ2v) is 11.6. The highest BCUT2D eigenvalue weighted by atomic mass is 19.1. The zero-order valence-electron chi connectivity index (χ0n) is 20.8. The van der Waals surface area contributed by atoms with E-state index in [2.05, 4.69) is 49.8 Å². The second kappa shape index (κ2) is 7.97. The third-order valence-electron chi connectivity index (χ3n) is 8.05. The number of rotatable bonds is 5. The summed E-state index contributed by atoms with van der Waals surface area (Å²) in [5, 5.41) is 8.83. The van der Waals surface area contributed by atoms with E-state index in [4.69, 9.17) is 4.98 Å². The molecule has 2 heterocycles. The van der Waals surface area contributed by atoms with Crippen LogP contribution in [-0.4, -0.2) is 25.9 Å². The molecular formula is C28H30F2N4O. The SMILES string of the molecule is CC(C)(C)CCC(=O)c1nccc([C@@]23CC[C@@H](c4cc(-c5c(F)cccc5F)nnc42)C3(C)C)n1. The predicted octanol–water partition coefficient (Wildman–Crippen LogP) is 6.42. The van der Waals surface area contributed by atoms with Gasteiger partial charge in [0.15, 0.2) is 11.6 Å². The molecule has 0 saturated heterocycles. The van der Waals surface area contributed by atoms with E-state index in [0.717, 1.165) is 36.2 Å². The molecule has 1 aromatic carbocycles. The molecule has 1 saturated carbocycles. The lowest BCUT2D eigenvalue weighted by Gasteiger charge is -2.37. The molecule has 2 atom stereocenters. The molecule has 5 nitrogen and oxygen atoms in total. The van der Waals surface area contributed by atoms with Crippen LogP contribution in [0.25, 0.3) is 11.3 Å². The monoisotopic (exact) mass is 476 g/mol. The Balaban J connectivity index is 1.59. The standard InChI is InChI=1S/C28H30F2N4O/c1-26(2,3)12-10-21(35)25-31-14-11-22(32-25)28-13-9-17(27(28,4)5)16-15-20(33-34-24(16)28)23-18(29)7-6-8-19(23)30/h6-8,11,14-15,17H,9-10,12-13H2,1-5H3/t17-,28-/m0/s1. The van der Waals surface area contributed by atoms with Gasteiger partial charge in [-0.2, -0.15) is 5.10 Å². The molecular weight excluding hydrogens is 446 g/mol. The zero-order chi connectivity index (χ0) is 25.2. The van der Waals surface area contributed by atoms with Crippen LogP contribution in [0.4, 0.5) is 8.78 Å². The minimum absolute atomic E-state index is 0.0437. The Bertz CT molecular complexity index is 1310. The van der Waals surface area contributed by atoms with Gasteiger partial charge in [0.2, 0.25) is 0 Å². The van der Waals surface area contributed by atoms with Crippen molar-refractivity contribution >= 4 is 5.78 Å². The summed E-state index contributed by atoms with van der Waals surface area (Å²) in [4.78, 5) is 22.0. The zero-order valence-corrected chi connectivity index (χ0v) is 20.8. The van der Waals surface area contributed by atoms with Gasteiger partial charge in [-0.25, -0.2) is 18.7 Å². The number of nitrogens with zero attached hydrogens (tertiary/aromatic N) is 4. The van der Waals surface area contributed by atoms with Crippen molar-refractivity contribution in [3.05, 3.63) is 70.9 Å². The molecule has 182 valence electrons. The normalized spacial score (nSPS) is 22.3. The molecule has 5 rings (SSSR count). The highest BCUT2D eigenvalue weighted by molar-refractivity contribution is 5.92. The van der Waals surface area contributed by atoms with Crippen LogP contribution in [0, 0.1) is 22.5 Å². The summed E-state index contributed by atoms with van der Waals surface area (Å²) in [6, 6.07) is 7.44. The van der Waals surface area contributed by atoms with Crippen LogP contribution in [0.5, 0.6) is 0 Å². The maximum atomic E-state index is 14.5. The number of benzene rings is 1. The summed E-state index contributed by atoms with van der Waals surface area (Å²) in [5.74, 6) is -1.03. The molecule has 1 fully saturated rings. The fourth-order valence-corrected chi connectivity index (χ4v) is 6.09. The van der Waals surface area contributed by atoms with E-state index < -0.39 is 17.0 Å². The average molecular weight is 477 g/mol. The van der Waals surface area contributed by atoms with E-state index in [0.29, 0.717) is 6.42 Å². The van der Waals surface area contributed by atoms with E-state index in [9.17, 15) is 13.6 Å². The molecule has 35 heavy (non-hydrogen) atoms. The number of Topliss-reactive ketones (excluding diaryl/α,β-unsaturated/α-hetero) is 1. The average Bonchev–Trinajstić information content (AvgIpc) is 3.18. The molecule has 2 aliphatic rings. The first-order chi connectivity index (χ1) is 16.5. The third-order valence-corrected chi connectivity index (χ3v) is 8.05. The number of aromatic nitrogens is 4. The van der Waals surface area contributed by atoms with Crippen molar-refractivity contribution in [1.82, 2.24) is 20.2 Å². The van der Waals surface area contributed by atoms with Crippen molar-refractivity contribution in [3.8, 4) is 11.3 Å². The molecule has 2 bridgehead atoms. The van der Waals surface area contributed by atoms with Crippen LogP contribution in [0.15, 0.2) is 36.5 Å². The van der Waals surface area contributed by atoms with E-state index in [1.807, 2.05) is 6.07 Å². The van der Waals surface area contributed by atoms with Crippen molar-refractivity contribution in [3.63, 3.8) is 0 Å². The quantitative estimate of drug-likeness (QED) is 0.397. The van der Waals surface area contributed by atoms with Crippen molar-refractivity contribution in [2.45, 2.75) is 71.6 Å². The van der Waals surface area contributed by atoms with E-state index in [1.165, 1.54) is 18.2 Å². The van der Waals surface area contributed by atoms with Gasteiger partial charge in [0.1, 0.15) is 11.6 Å². The smallest absolute Gasteiger partial charge is 0.200 e. The van der Waals surface area contributed by atoms with Gasteiger partial charge in [-0.1, -0.05) is 40.7 Å². The second-order valence-electron chi connectivity index (χ2n) is 11.6. The van der Waals surface area contributed by atoms with Crippen molar-refractivity contribution in [2.75, 3.05) is 0 Å². The summed E-state index contributed by atoms with van der Waals surface area (Å²) in [7, 11) is 0. The first-order valence-electron chi connectivity index (χ1n) is 12.1. The van der Waals surface area contributed by atoms with Gasteiger partial charge in [0, 0.05) is 12.6 Å². The summed E-state index contributed by atoms with van der Waals surface area (Å²) >= 11 is 0. The van der Waals surface area contributed by atoms with Gasteiger partial charge < -0.3 is 0 Å². The van der Waals surface area contributed by atoms with Crippen LogP contribution >= 0.6 is 0 Å². The lowest BCUT2D eigenvalue weighted by atomic mass is 9.66. The Labute approximate surface area is 204 Å². The van der Waals surface area contributed by atoms with Gasteiger partial charge in [-0.3, -0.25) is 4.79 Å². The van der Waals surface area contributed by atoms with Crippen molar-refractivity contribution < 1.29 is 13.6 Å². The van der Waals surface area contributed by atoms with Crippen LogP contribution < -0.4 is 0 Å². The molecule has 0 amide bonds. The summed E-state index contributed by atoms with van der Waals surface area (Å²) in [6.07, 6.45) is 4.50. The lowest BCUT2D eigenvalue weighted by molar-refractivity contribution is 0.0954. The summed E-state index contributed by atoms with van der Waals surface area (Å²) in [6.45, 7) is 10.7. The lowest BCUT2D eigenvalue weighted by Crippen LogP contribution is -2.38. The van der Waals surface area contributed by atoms with Gasteiger partial charge in [-0.15, -0.1) is 5.10 Å². The first kappa shape index (κ1) is 23.6. The fraction of sp³-hybridized carbons (Fsp3) is 0.464. The highest BCUT2D eigenvalue weighted by Crippen LogP contribution is 2.69. The first-order valence-corrected chi connectivity index (χ1v) is 12.1.